The molecule has 1 aromatic heterocycles. The summed E-state index contributed by atoms with van der Waals surface area (Å²) in [5, 5.41) is 0. The van der Waals surface area contributed by atoms with Gasteiger partial charge in [-0.05, 0) is 35.0 Å². The molecule has 4 heteroatoms. The fraction of sp³-hybridized carbons (Fsp3) is 0.214. The Bertz CT molecular complexity index is 545. The molecule has 0 aliphatic carbocycles. The Labute approximate surface area is 120 Å². The van der Waals surface area contributed by atoms with Crippen molar-refractivity contribution in [2.24, 2.45) is 0 Å². The summed E-state index contributed by atoms with van der Waals surface area (Å²) in [6.07, 6.45) is 3.54. The summed E-state index contributed by atoms with van der Waals surface area (Å²) in [5.41, 5.74) is 3.22. The molecule has 1 aromatic carbocycles. The van der Waals surface area contributed by atoms with E-state index in [1.54, 1.807) is 12.4 Å². The Morgan fingerprint density at radius 1 is 1.28 bits per heavy atom. The highest BCUT2D eigenvalue weighted by Gasteiger charge is 2.04. The molecule has 0 bridgehead atoms. The number of pyridine rings is 1. The molecular weight excluding hydrogens is 314 g/mol. The fourth-order valence-corrected chi connectivity index (χ4v) is 2.27. The maximum atomic E-state index is 5.91. The predicted octanol–water partition coefficient (Wildman–Crippen LogP) is 4.47. The first-order valence-corrected chi connectivity index (χ1v) is 6.89. The lowest BCUT2D eigenvalue weighted by Gasteiger charge is -2.10. The molecular formula is C14H13BrClNO. The number of alkyl halides is 1. The van der Waals surface area contributed by atoms with Crippen LogP contribution in [0.2, 0.25) is 0 Å². The molecule has 94 valence electrons. The molecule has 0 N–H and O–H groups in total. The Kier molecular flexibility index (Phi) is 4.61. The monoisotopic (exact) mass is 325 g/mol. The summed E-state index contributed by atoms with van der Waals surface area (Å²) >= 11 is 9.30. The molecule has 0 atom stereocenters. The van der Waals surface area contributed by atoms with Gasteiger partial charge in [0.15, 0.2) is 0 Å². The lowest BCUT2D eigenvalue weighted by Crippen LogP contribution is -1.98. The van der Waals surface area contributed by atoms with Gasteiger partial charge in [-0.15, -0.1) is 11.6 Å². The quantitative estimate of drug-likeness (QED) is 0.773. The number of aryl methyl sites for hydroxylation is 1. The highest BCUT2D eigenvalue weighted by molar-refractivity contribution is 9.10. The van der Waals surface area contributed by atoms with E-state index in [9.17, 15) is 0 Å². The molecule has 0 saturated carbocycles. The maximum Gasteiger partial charge on any atom is 0.124 e. The number of aromatic nitrogens is 1. The van der Waals surface area contributed by atoms with Crippen molar-refractivity contribution in [1.82, 2.24) is 4.98 Å². The number of hydrogen-bond acceptors (Lipinski definition) is 2. The zero-order valence-electron chi connectivity index (χ0n) is 9.99. The van der Waals surface area contributed by atoms with Crippen LogP contribution in [-0.2, 0) is 12.5 Å². The Balaban J connectivity index is 2.10. The van der Waals surface area contributed by atoms with Gasteiger partial charge < -0.3 is 4.74 Å². The lowest BCUT2D eigenvalue weighted by molar-refractivity contribution is 0.303. The second-order valence-electron chi connectivity index (χ2n) is 4.04. The van der Waals surface area contributed by atoms with E-state index in [0.29, 0.717) is 12.5 Å². The molecule has 0 aliphatic heterocycles. The number of halogens is 2. The highest BCUT2D eigenvalue weighted by Crippen LogP contribution is 2.23. The normalized spacial score (nSPS) is 10.4. The molecule has 0 fully saturated rings. The Hall–Kier alpha value is -1.06. The molecule has 0 unspecified atom stereocenters. The highest BCUT2D eigenvalue weighted by atomic mass is 79.9. The minimum Gasteiger partial charge on any atom is -0.489 e. The van der Waals surface area contributed by atoms with Crippen LogP contribution in [0.15, 0.2) is 41.1 Å². The molecule has 0 aliphatic rings. The van der Waals surface area contributed by atoms with Crippen LogP contribution in [0.25, 0.3) is 0 Å². The zero-order chi connectivity index (χ0) is 13.0. The molecule has 18 heavy (non-hydrogen) atoms. The zero-order valence-corrected chi connectivity index (χ0v) is 12.3. The first kappa shape index (κ1) is 13.4. The van der Waals surface area contributed by atoms with E-state index in [2.05, 4.69) is 20.9 Å². The van der Waals surface area contributed by atoms with Crippen LogP contribution in [0.1, 0.15) is 16.7 Å². The summed E-state index contributed by atoms with van der Waals surface area (Å²) in [4.78, 5) is 4.10. The van der Waals surface area contributed by atoms with E-state index < -0.39 is 0 Å². The SMILES string of the molecule is Cc1ccc(OCc2cncc(Br)c2)c(CCl)c1. The molecule has 0 saturated heterocycles. The molecule has 2 aromatic rings. The van der Waals surface area contributed by atoms with E-state index >= 15 is 0 Å². The molecule has 0 spiro atoms. The van der Waals surface area contributed by atoms with Gasteiger partial charge in [0, 0.05) is 28.0 Å². The summed E-state index contributed by atoms with van der Waals surface area (Å²) in [7, 11) is 0. The molecule has 0 radical (unpaired) electrons. The van der Waals surface area contributed by atoms with Crippen molar-refractivity contribution >= 4 is 27.5 Å². The van der Waals surface area contributed by atoms with Gasteiger partial charge in [0.25, 0.3) is 0 Å². The fourth-order valence-electron chi connectivity index (χ4n) is 1.65. The van der Waals surface area contributed by atoms with Crippen LogP contribution in [0, 0.1) is 6.92 Å². The second kappa shape index (κ2) is 6.21. The predicted molar refractivity (Wildman–Crippen MR) is 77.0 cm³/mol. The summed E-state index contributed by atoms with van der Waals surface area (Å²) in [5.74, 6) is 1.28. The van der Waals surface area contributed by atoms with Crippen molar-refractivity contribution in [2.75, 3.05) is 0 Å². The van der Waals surface area contributed by atoms with Gasteiger partial charge in [-0.2, -0.15) is 0 Å². The molecule has 2 nitrogen and oxygen atoms in total. The Morgan fingerprint density at radius 2 is 2.11 bits per heavy atom. The average molecular weight is 327 g/mol. The van der Waals surface area contributed by atoms with Gasteiger partial charge in [-0.3, -0.25) is 4.98 Å². The molecule has 0 amide bonds. The van der Waals surface area contributed by atoms with Crippen LogP contribution in [0.5, 0.6) is 5.75 Å². The van der Waals surface area contributed by atoms with Crippen LogP contribution < -0.4 is 4.74 Å². The van der Waals surface area contributed by atoms with Gasteiger partial charge in [-0.25, -0.2) is 0 Å². The number of benzene rings is 1. The van der Waals surface area contributed by atoms with E-state index in [4.69, 9.17) is 16.3 Å². The topological polar surface area (TPSA) is 22.1 Å². The van der Waals surface area contributed by atoms with E-state index in [1.165, 1.54) is 5.56 Å². The smallest absolute Gasteiger partial charge is 0.124 e. The van der Waals surface area contributed by atoms with Crippen molar-refractivity contribution in [3.8, 4) is 5.75 Å². The average Bonchev–Trinajstić information content (AvgIpc) is 2.37. The lowest BCUT2D eigenvalue weighted by atomic mass is 10.1. The third-order valence-corrected chi connectivity index (χ3v) is 3.24. The maximum absolute atomic E-state index is 5.91. The van der Waals surface area contributed by atoms with E-state index in [1.807, 2.05) is 31.2 Å². The molecule has 2 rings (SSSR count). The Morgan fingerprint density at radius 3 is 2.83 bits per heavy atom. The third-order valence-electron chi connectivity index (χ3n) is 2.52. The molecule has 1 heterocycles. The number of ether oxygens (including phenoxy) is 1. The summed E-state index contributed by atoms with van der Waals surface area (Å²) in [6, 6.07) is 8.01. The minimum absolute atomic E-state index is 0.452. The second-order valence-corrected chi connectivity index (χ2v) is 5.23. The van der Waals surface area contributed by atoms with Crippen molar-refractivity contribution in [3.05, 3.63) is 57.8 Å². The number of hydrogen-bond donors (Lipinski definition) is 0. The van der Waals surface area contributed by atoms with E-state index in [-0.39, 0.29) is 0 Å². The first-order valence-electron chi connectivity index (χ1n) is 5.57. The van der Waals surface area contributed by atoms with Gasteiger partial charge in [-0.1, -0.05) is 17.7 Å². The van der Waals surface area contributed by atoms with Crippen LogP contribution in [0.4, 0.5) is 0 Å². The van der Waals surface area contributed by atoms with Gasteiger partial charge in [0.05, 0.1) is 5.88 Å². The van der Waals surface area contributed by atoms with Gasteiger partial charge in [0.2, 0.25) is 0 Å². The van der Waals surface area contributed by atoms with Crippen molar-refractivity contribution < 1.29 is 4.74 Å². The van der Waals surface area contributed by atoms with Crippen LogP contribution >= 0.6 is 27.5 Å². The van der Waals surface area contributed by atoms with Crippen molar-refractivity contribution in [2.45, 2.75) is 19.4 Å². The van der Waals surface area contributed by atoms with Gasteiger partial charge in [0.1, 0.15) is 12.4 Å². The van der Waals surface area contributed by atoms with Crippen LogP contribution in [0.3, 0.4) is 0 Å². The standard InChI is InChI=1S/C14H13BrClNO/c1-10-2-3-14(12(4-10)6-16)18-9-11-5-13(15)8-17-7-11/h2-5,7-8H,6,9H2,1H3. The first-order chi connectivity index (χ1) is 8.69. The summed E-state index contributed by atoms with van der Waals surface area (Å²) < 4.78 is 6.73. The van der Waals surface area contributed by atoms with Crippen molar-refractivity contribution in [1.29, 1.82) is 0 Å². The van der Waals surface area contributed by atoms with E-state index in [0.717, 1.165) is 21.3 Å². The van der Waals surface area contributed by atoms with Gasteiger partial charge >= 0.3 is 0 Å². The number of nitrogens with zero attached hydrogens (tertiary/aromatic N) is 1. The number of rotatable bonds is 4. The van der Waals surface area contributed by atoms with Crippen LogP contribution in [-0.4, -0.2) is 4.98 Å². The minimum atomic E-state index is 0.452. The largest absolute Gasteiger partial charge is 0.489 e. The third kappa shape index (κ3) is 3.47. The van der Waals surface area contributed by atoms with Crippen molar-refractivity contribution in [3.63, 3.8) is 0 Å². The summed E-state index contributed by atoms with van der Waals surface area (Å²) in [6.45, 7) is 2.53.